The number of hydrogen-bond acceptors (Lipinski definition) is 2. The van der Waals surface area contributed by atoms with Gasteiger partial charge in [0, 0.05) is 39.3 Å². The zero-order chi connectivity index (χ0) is 30.8. The van der Waals surface area contributed by atoms with Crippen LogP contribution in [0.25, 0.3) is 0 Å². The van der Waals surface area contributed by atoms with E-state index >= 15 is 0 Å². The first kappa shape index (κ1) is 32.1. The molecule has 4 aromatic rings. The van der Waals surface area contributed by atoms with Crippen molar-refractivity contribution in [3.8, 4) is 0 Å². The van der Waals surface area contributed by atoms with E-state index in [1.165, 1.54) is 22.3 Å². The Balaban J connectivity index is 1.27. The van der Waals surface area contributed by atoms with E-state index in [2.05, 4.69) is 65.7 Å². The van der Waals surface area contributed by atoms with Crippen molar-refractivity contribution in [2.24, 2.45) is 0 Å². The molecule has 4 rings (SSSR count). The molecular formula is C38H44N4O2. The van der Waals surface area contributed by atoms with Gasteiger partial charge in [-0.3, -0.25) is 0 Å². The summed E-state index contributed by atoms with van der Waals surface area (Å²) in [5.74, 6) is 0. The molecule has 0 bridgehead atoms. The number of carbonyl (C=O) groups is 2. The molecule has 0 fully saturated rings. The highest BCUT2D eigenvalue weighted by molar-refractivity contribution is 5.75. The van der Waals surface area contributed by atoms with Crippen LogP contribution in [0.3, 0.4) is 0 Å². The minimum atomic E-state index is -0.128. The van der Waals surface area contributed by atoms with Gasteiger partial charge in [-0.15, -0.1) is 0 Å². The number of nitrogens with one attached hydrogen (secondary N) is 2. The van der Waals surface area contributed by atoms with Crippen LogP contribution in [0.1, 0.15) is 22.3 Å². The molecule has 0 spiro atoms. The largest absolute Gasteiger partial charge is 0.334 e. The number of rotatable bonds is 16. The van der Waals surface area contributed by atoms with Crippen molar-refractivity contribution in [2.45, 2.75) is 25.7 Å². The lowest BCUT2D eigenvalue weighted by Crippen LogP contribution is -2.45. The Morgan fingerprint density at radius 2 is 0.705 bits per heavy atom. The average molecular weight is 589 g/mol. The fraction of sp³-hybridized carbons (Fsp3) is 0.263. The molecule has 0 aliphatic heterocycles. The topological polar surface area (TPSA) is 64.7 Å². The van der Waals surface area contributed by atoms with Crippen molar-refractivity contribution >= 4 is 12.1 Å². The zero-order valence-electron chi connectivity index (χ0n) is 25.5. The van der Waals surface area contributed by atoms with Gasteiger partial charge in [-0.25, -0.2) is 9.59 Å². The van der Waals surface area contributed by atoms with Gasteiger partial charge in [-0.2, -0.15) is 0 Å². The van der Waals surface area contributed by atoms with Gasteiger partial charge in [0.05, 0.1) is 0 Å². The quantitative estimate of drug-likeness (QED) is 0.146. The van der Waals surface area contributed by atoms with Gasteiger partial charge >= 0.3 is 12.1 Å². The van der Waals surface area contributed by atoms with Gasteiger partial charge in [0.2, 0.25) is 0 Å². The van der Waals surface area contributed by atoms with Crippen LogP contribution < -0.4 is 10.6 Å². The van der Waals surface area contributed by atoms with E-state index in [0.717, 1.165) is 31.3 Å². The molecule has 44 heavy (non-hydrogen) atoms. The number of carbonyl (C=O) groups excluding carboxylic acids is 2. The highest BCUT2D eigenvalue weighted by Gasteiger charge is 2.16. The molecule has 2 N–H and O–H groups in total. The monoisotopic (exact) mass is 588 g/mol. The molecular weight excluding hydrogens is 544 g/mol. The van der Waals surface area contributed by atoms with Crippen molar-refractivity contribution in [1.29, 1.82) is 0 Å². The Hall–Kier alpha value is -4.84. The molecule has 0 saturated heterocycles. The van der Waals surface area contributed by atoms with Crippen LogP contribution in [-0.4, -0.2) is 61.1 Å². The summed E-state index contributed by atoms with van der Waals surface area (Å²) in [6.45, 7) is 7.17. The summed E-state index contributed by atoms with van der Waals surface area (Å²) < 4.78 is 0. The SMILES string of the molecule is C=C(CNC(=O)N(CCc1ccccc1)CCc1ccccc1)CNC(=O)N(CCc1ccccc1)CCc1ccccc1. The molecule has 4 aromatic carbocycles. The highest BCUT2D eigenvalue weighted by atomic mass is 16.2. The number of nitrogens with zero attached hydrogens (tertiary/aromatic N) is 2. The molecule has 0 aliphatic rings. The molecule has 0 radical (unpaired) electrons. The maximum absolute atomic E-state index is 13.3. The Kier molecular flexibility index (Phi) is 13.1. The summed E-state index contributed by atoms with van der Waals surface area (Å²) in [5.41, 5.74) is 5.52. The zero-order valence-corrected chi connectivity index (χ0v) is 25.5. The van der Waals surface area contributed by atoms with Gasteiger partial charge in [0.25, 0.3) is 0 Å². The molecule has 4 amide bonds. The van der Waals surface area contributed by atoms with Crippen LogP contribution >= 0.6 is 0 Å². The maximum Gasteiger partial charge on any atom is 0.317 e. The van der Waals surface area contributed by atoms with Gasteiger partial charge < -0.3 is 20.4 Å². The Morgan fingerprint density at radius 3 is 0.955 bits per heavy atom. The number of amides is 4. The standard InChI is InChI=1S/C38H44N4O2/c1-32(30-39-37(43)41(26-22-33-14-6-2-7-15-33)27-23-34-16-8-3-9-17-34)31-40-38(44)42(28-24-35-18-10-4-11-19-35)29-25-36-20-12-5-13-21-36/h2-21H,1,22-31H2,(H,39,43)(H,40,44). The second-order valence-electron chi connectivity index (χ2n) is 11.0. The van der Waals surface area contributed by atoms with E-state index in [9.17, 15) is 9.59 Å². The first-order valence-electron chi connectivity index (χ1n) is 15.4. The first-order chi connectivity index (χ1) is 21.6. The fourth-order valence-corrected chi connectivity index (χ4v) is 4.95. The van der Waals surface area contributed by atoms with Crippen LogP contribution in [0.2, 0.25) is 0 Å². The summed E-state index contributed by atoms with van der Waals surface area (Å²) in [5, 5.41) is 6.05. The average Bonchev–Trinajstić information content (AvgIpc) is 3.08. The Morgan fingerprint density at radius 1 is 0.455 bits per heavy atom. The van der Waals surface area contributed by atoms with Gasteiger partial charge in [0.15, 0.2) is 0 Å². The maximum atomic E-state index is 13.3. The summed E-state index contributed by atoms with van der Waals surface area (Å²) in [6.07, 6.45) is 3.12. The van der Waals surface area contributed by atoms with E-state index in [1.807, 2.05) is 82.6 Å². The lowest BCUT2D eigenvalue weighted by atomic mass is 10.1. The Bertz CT molecular complexity index is 1220. The van der Waals surface area contributed by atoms with Crippen molar-refractivity contribution in [3.05, 3.63) is 156 Å². The summed E-state index contributed by atoms with van der Waals surface area (Å²) in [4.78, 5) is 30.2. The summed E-state index contributed by atoms with van der Waals surface area (Å²) in [7, 11) is 0. The molecule has 228 valence electrons. The minimum Gasteiger partial charge on any atom is -0.334 e. The second-order valence-corrected chi connectivity index (χ2v) is 11.0. The fourth-order valence-electron chi connectivity index (χ4n) is 4.95. The lowest BCUT2D eigenvalue weighted by molar-refractivity contribution is 0.199. The normalized spacial score (nSPS) is 10.5. The molecule has 0 saturated carbocycles. The predicted octanol–water partition coefficient (Wildman–Crippen LogP) is 6.54. The van der Waals surface area contributed by atoms with Crippen molar-refractivity contribution < 1.29 is 9.59 Å². The molecule has 6 heteroatoms. The molecule has 0 aromatic heterocycles. The van der Waals surface area contributed by atoms with Crippen LogP contribution in [0.5, 0.6) is 0 Å². The smallest absolute Gasteiger partial charge is 0.317 e. The minimum absolute atomic E-state index is 0.128. The van der Waals surface area contributed by atoms with Gasteiger partial charge in [-0.1, -0.05) is 128 Å². The van der Waals surface area contributed by atoms with E-state index in [4.69, 9.17) is 0 Å². The Labute approximate surface area is 262 Å². The van der Waals surface area contributed by atoms with Crippen molar-refractivity contribution in [2.75, 3.05) is 39.3 Å². The lowest BCUT2D eigenvalue weighted by Gasteiger charge is -2.25. The van der Waals surface area contributed by atoms with E-state index in [1.54, 1.807) is 0 Å². The highest BCUT2D eigenvalue weighted by Crippen LogP contribution is 2.07. The molecule has 0 atom stereocenters. The van der Waals surface area contributed by atoms with Crippen LogP contribution in [0.15, 0.2) is 133 Å². The summed E-state index contributed by atoms with van der Waals surface area (Å²) in [6, 6.07) is 40.6. The third-order valence-corrected chi connectivity index (χ3v) is 7.61. The van der Waals surface area contributed by atoms with Gasteiger partial charge in [0.1, 0.15) is 0 Å². The van der Waals surface area contributed by atoms with E-state index < -0.39 is 0 Å². The number of benzene rings is 4. The van der Waals surface area contributed by atoms with Crippen LogP contribution in [0.4, 0.5) is 9.59 Å². The first-order valence-corrected chi connectivity index (χ1v) is 15.4. The van der Waals surface area contributed by atoms with E-state index in [-0.39, 0.29) is 12.1 Å². The molecule has 0 unspecified atom stereocenters. The third kappa shape index (κ3) is 11.4. The molecule has 6 nitrogen and oxygen atoms in total. The predicted molar refractivity (Wildman–Crippen MR) is 180 cm³/mol. The van der Waals surface area contributed by atoms with Crippen molar-refractivity contribution in [1.82, 2.24) is 20.4 Å². The molecule has 0 aliphatic carbocycles. The number of hydrogen-bond donors (Lipinski definition) is 2. The molecule has 0 heterocycles. The van der Waals surface area contributed by atoms with Crippen LogP contribution in [-0.2, 0) is 25.7 Å². The third-order valence-electron chi connectivity index (χ3n) is 7.61. The number of urea groups is 2. The van der Waals surface area contributed by atoms with E-state index in [0.29, 0.717) is 39.3 Å². The van der Waals surface area contributed by atoms with Gasteiger partial charge in [-0.05, 0) is 53.5 Å². The summed E-state index contributed by atoms with van der Waals surface area (Å²) >= 11 is 0. The van der Waals surface area contributed by atoms with Crippen molar-refractivity contribution in [3.63, 3.8) is 0 Å². The van der Waals surface area contributed by atoms with Crippen LogP contribution in [0, 0.1) is 0 Å². The second kappa shape index (κ2) is 18.0.